The number of anilines is 2. The maximum absolute atomic E-state index is 12.5. The Balaban J connectivity index is 1.39. The lowest BCUT2D eigenvalue weighted by Crippen LogP contribution is -2.37. The van der Waals surface area contributed by atoms with E-state index in [2.05, 4.69) is 24.8 Å². The molecule has 3 aliphatic heterocycles. The molecule has 1 N–H and O–H groups in total. The average Bonchev–Trinajstić information content (AvgIpc) is 3.62. The van der Waals surface area contributed by atoms with Crippen molar-refractivity contribution in [2.75, 3.05) is 35.9 Å². The molecule has 5 heterocycles. The molecule has 7 rings (SSSR count). The Bertz CT molecular complexity index is 1320. The number of sulfonamides is 1. The summed E-state index contributed by atoms with van der Waals surface area (Å²) in [6.07, 6.45) is 5.76. The molecule has 2 fully saturated rings. The van der Waals surface area contributed by atoms with E-state index in [9.17, 15) is 8.42 Å². The maximum Gasteiger partial charge on any atom is 0.250 e. The molecular weight excluding hydrogens is 470 g/mol. The molecule has 3 aromatic rings. The third-order valence-corrected chi connectivity index (χ3v) is 8.40. The number of nitrogens with one attached hydrogen (secondary N) is 1. The van der Waals surface area contributed by atoms with Crippen molar-refractivity contribution in [1.82, 2.24) is 15.2 Å². The highest BCUT2D eigenvalue weighted by atomic mass is 32.2. The second-order valence-corrected chi connectivity index (χ2v) is 11.1. The largest absolute Gasteiger partial charge is 0.478 e. The quantitative estimate of drug-likeness (QED) is 0.580. The SMILES string of the molecule is O=S(=O)(Nc1ccc2c(c1)N1CCC(CC1)OCCCOc1cc(ccn1)-c1nnc-2o1)C1CC1. The lowest BCUT2D eigenvalue weighted by molar-refractivity contribution is 0.0305. The second-order valence-electron chi connectivity index (χ2n) is 9.13. The highest BCUT2D eigenvalue weighted by Crippen LogP contribution is 2.37. The monoisotopic (exact) mass is 497 g/mol. The van der Waals surface area contributed by atoms with Crippen LogP contribution in [0.5, 0.6) is 5.88 Å². The molecule has 0 atom stereocenters. The van der Waals surface area contributed by atoms with Crippen LogP contribution in [0.25, 0.3) is 22.9 Å². The van der Waals surface area contributed by atoms with Gasteiger partial charge in [-0.1, -0.05) is 0 Å². The van der Waals surface area contributed by atoms with Crippen molar-refractivity contribution in [2.24, 2.45) is 0 Å². The number of ether oxygens (including phenoxy) is 2. The Labute approximate surface area is 203 Å². The van der Waals surface area contributed by atoms with Gasteiger partial charge < -0.3 is 18.8 Å². The smallest absolute Gasteiger partial charge is 0.250 e. The first-order valence-electron chi connectivity index (χ1n) is 12.0. The van der Waals surface area contributed by atoms with Gasteiger partial charge in [0.25, 0.3) is 0 Å². The zero-order chi connectivity index (χ0) is 23.8. The van der Waals surface area contributed by atoms with E-state index < -0.39 is 10.0 Å². The van der Waals surface area contributed by atoms with Gasteiger partial charge >= 0.3 is 0 Å². The molecule has 184 valence electrons. The van der Waals surface area contributed by atoms with Crippen LogP contribution in [-0.4, -0.2) is 61.3 Å². The van der Waals surface area contributed by atoms with Gasteiger partial charge in [-0.15, -0.1) is 10.2 Å². The molecule has 6 bridgehead atoms. The van der Waals surface area contributed by atoms with Crippen LogP contribution in [0.4, 0.5) is 11.4 Å². The molecule has 35 heavy (non-hydrogen) atoms. The number of piperidine rings is 1. The van der Waals surface area contributed by atoms with Crippen LogP contribution >= 0.6 is 0 Å². The van der Waals surface area contributed by atoms with Gasteiger partial charge in [0.1, 0.15) is 0 Å². The van der Waals surface area contributed by atoms with Crippen LogP contribution < -0.4 is 14.4 Å². The van der Waals surface area contributed by atoms with E-state index in [1.165, 1.54) is 0 Å². The number of aromatic nitrogens is 3. The number of fused-ring (bicyclic) bond motifs is 6. The fourth-order valence-electron chi connectivity index (χ4n) is 4.48. The van der Waals surface area contributed by atoms with E-state index >= 15 is 0 Å². The number of hydrogen-bond acceptors (Lipinski definition) is 9. The van der Waals surface area contributed by atoms with Gasteiger partial charge in [0.2, 0.25) is 27.7 Å². The topological polar surface area (TPSA) is 120 Å². The van der Waals surface area contributed by atoms with Crippen molar-refractivity contribution < 1.29 is 22.3 Å². The molecule has 0 spiro atoms. The summed E-state index contributed by atoms with van der Waals surface area (Å²) < 4.78 is 45.8. The highest BCUT2D eigenvalue weighted by Gasteiger charge is 2.36. The summed E-state index contributed by atoms with van der Waals surface area (Å²) in [7, 11) is -3.37. The molecule has 2 aromatic heterocycles. The summed E-state index contributed by atoms with van der Waals surface area (Å²) in [5.74, 6) is 1.23. The van der Waals surface area contributed by atoms with Crippen molar-refractivity contribution in [3.05, 3.63) is 36.5 Å². The summed E-state index contributed by atoms with van der Waals surface area (Å²) >= 11 is 0. The van der Waals surface area contributed by atoms with Crippen LogP contribution in [-0.2, 0) is 14.8 Å². The van der Waals surface area contributed by atoms with Crippen LogP contribution in [0.1, 0.15) is 32.1 Å². The Morgan fingerprint density at radius 3 is 2.63 bits per heavy atom. The van der Waals surface area contributed by atoms with Gasteiger partial charge in [0.05, 0.1) is 41.5 Å². The number of nitrogens with zero attached hydrogens (tertiary/aromatic N) is 4. The normalized spacial score (nSPS) is 19.0. The van der Waals surface area contributed by atoms with E-state index in [-0.39, 0.29) is 11.4 Å². The summed E-state index contributed by atoms with van der Waals surface area (Å²) in [5, 5.41) is 8.27. The maximum atomic E-state index is 12.5. The van der Waals surface area contributed by atoms with Crippen molar-refractivity contribution in [3.63, 3.8) is 0 Å². The lowest BCUT2D eigenvalue weighted by atomic mass is 10.0. The number of rotatable bonds is 3. The molecule has 4 aliphatic rings. The summed E-state index contributed by atoms with van der Waals surface area (Å²) in [5.41, 5.74) is 2.87. The second kappa shape index (κ2) is 9.12. The first kappa shape index (κ1) is 22.3. The Morgan fingerprint density at radius 2 is 1.80 bits per heavy atom. The summed E-state index contributed by atoms with van der Waals surface area (Å²) in [6, 6.07) is 9.03. The van der Waals surface area contributed by atoms with E-state index in [0.717, 1.165) is 43.6 Å². The fraction of sp³-hybridized carbons (Fsp3) is 0.458. The third-order valence-electron chi connectivity index (χ3n) is 6.53. The number of hydrogen-bond donors (Lipinski definition) is 1. The molecule has 10 nitrogen and oxygen atoms in total. The van der Waals surface area contributed by atoms with Crippen LogP contribution in [0.3, 0.4) is 0 Å². The van der Waals surface area contributed by atoms with Crippen molar-refractivity contribution in [3.8, 4) is 28.8 Å². The van der Waals surface area contributed by atoms with Gasteiger partial charge in [0, 0.05) is 37.3 Å². The number of benzene rings is 1. The van der Waals surface area contributed by atoms with E-state index in [0.29, 0.717) is 55.0 Å². The Morgan fingerprint density at radius 1 is 0.971 bits per heavy atom. The van der Waals surface area contributed by atoms with Crippen LogP contribution in [0.15, 0.2) is 40.9 Å². The van der Waals surface area contributed by atoms with Gasteiger partial charge in [-0.25, -0.2) is 13.4 Å². The summed E-state index contributed by atoms with van der Waals surface area (Å²) in [4.78, 5) is 6.50. The minimum Gasteiger partial charge on any atom is -0.478 e. The molecule has 1 aromatic carbocycles. The predicted molar refractivity (Wildman–Crippen MR) is 130 cm³/mol. The van der Waals surface area contributed by atoms with Crippen LogP contribution in [0.2, 0.25) is 0 Å². The molecule has 0 amide bonds. The molecule has 1 saturated heterocycles. The minimum absolute atomic E-state index is 0.179. The highest BCUT2D eigenvalue weighted by molar-refractivity contribution is 7.93. The van der Waals surface area contributed by atoms with Crippen molar-refractivity contribution in [1.29, 1.82) is 0 Å². The van der Waals surface area contributed by atoms with Crippen molar-refractivity contribution >= 4 is 21.4 Å². The molecular formula is C24H27N5O5S. The Kier molecular flexibility index (Phi) is 5.81. The minimum atomic E-state index is -3.37. The van der Waals surface area contributed by atoms with E-state index in [1.54, 1.807) is 24.4 Å². The first-order chi connectivity index (χ1) is 17.0. The average molecular weight is 498 g/mol. The van der Waals surface area contributed by atoms with Gasteiger partial charge in [0.15, 0.2) is 0 Å². The molecule has 0 radical (unpaired) electrons. The zero-order valence-corrected chi connectivity index (χ0v) is 20.0. The zero-order valence-electron chi connectivity index (χ0n) is 19.2. The van der Waals surface area contributed by atoms with Gasteiger partial charge in [-0.3, -0.25) is 4.72 Å². The summed E-state index contributed by atoms with van der Waals surface area (Å²) in [6.45, 7) is 2.69. The molecule has 1 aliphatic carbocycles. The lowest BCUT2D eigenvalue weighted by Gasteiger charge is -2.34. The third kappa shape index (κ3) is 4.83. The standard InChI is InChI=1S/C24H27N5O5S/c30-35(31,19-3-4-19)28-17-2-5-20-21(15-17)29-10-7-18(8-11-29)32-12-1-13-33-22-14-16(6-9-25-22)23-26-27-24(20)34-23/h2,5-6,9,14-15,18-19,28H,1,3-4,7-8,10-13H2. The fourth-order valence-corrected chi connectivity index (χ4v) is 5.86. The molecule has 11 heteroatoms. The number of pyridine rings is 1. The van der Waals surface area contributed by atoms with E-state index in [1.807, 2.05) is 12.1 Å². The predicted octanol–water partition coefficient (Wildman–Crippen LogP) is 3.47. The molecule has 0 unspecified atom stereocenters. The Hall–Kier alpha value is -3.18. The van der Waals surface area contributed by atoms with Gasteiger partial charge in [-0.2, -0.15) is 0 Å². The van der Waals surface area contributed by atoms with Crippen LogP contribution in [0, 0.1) is 0 Å². The van der Waals surface area contributed by atoms with E-state index in [4.69, 9.17) is 13.9 Å². The van der Waals surface area contributed by atoms with Crippen molar-refractivity contribution in [2.45, 2.75) is 43.5 Å². The van der Waals surface area contributed by atoms with Gasteiger partial charge in [-0.05, 0) is 49.9 Å². The first-order valence-corrected chi connectivity index (χ1v) is 13.6. The molecule has 1 saturated carbocycles.